The highest BCUT2D eigenvalue weighted by Gasteiger charge is 2.44. The summed E-state index contributed by atoms with van der Waals surface area (Å²) in [6.45, 7) is 6.27. The second kappa shape index (κ2) is 10.7. The molecule has 0 saturated carbocycles. The Balaban J connectivity index is 0.000000479. The summed E-state index contributed by atoms with van der Waals surface area (Å²) in [6, 6.07) is 8.29. The summed E-state index contributed by atoms with van der Waals surface area (Å²) in [5.41, 5.74) is 0. The normalized spacial score (nSPS) is 24.3. The molecule has 0 bridgehead atoms. The number of hydrogen-bond acceptors (Lipinski definition) is 6. The van der Waals surface area contributed by atoms with Crippen LogP contribution in [-0.2, 0) is 24.7 Å². The van der Waals surface area contributed by atoms with Gasteiger partial charge in [0.2, 0.25) is 10.0 Å². The molecule has 2 aliphatic heterocycles. The molecule has 2 heterocycles. The minimum absolute atomic E-state index is 0.0906. The summed E-state index contributed by atoms with van der Waals surface area (Å²) in [5.74, 6) is -2.14. The van der Waals surface area contributed by atoms with Crippen LogP contribution in [0.2, 0.25) is 0 Å². The van der Waals surface area contributed by atoms with Crippen LogP contribution in [0.4, 0.5) is 13.2 Å². The quantitative estimate of drug-likeness (QED) is 0.656. The van der Waals surface area contributed by atoms with Gasteiger partial charge >= 0.3 is 12.1 Å². The number of sulfonamides is 1. The van der Waals surface area contributed by atoms with Crippen molar-refractivity contribution in [2.24, 2.45) is 5.92 Å². The molecule has 8 nitrogen and oxygen atoms in total. The lowest BCUT2D eigenvalue weighted by Crippen LogP contribution is -2.55. The third-order valence-electron chi connectivity index (χ3n) is 5.58. The van der Waals surface area contributed by atoms with Gasteiger partial charge in [0.15, 0.2) is 9.84 Å². The maximum atomic E-state index is 12.9. The van der Waals surface area contributed by atoms with E-state index >= 15 is 0 Å². The number of rotatable bonds is 4. The lowest BCUT2D eigenvalue weighted by molar-refractivity contribution is -0.192. The maximum absolute atomic E-state index is 12.9. The molecule has 2 aliphatic rings. The molecular weight excluding hydrogens is 485 g/mol. The van der Waals surface area contributed by atoms with Crippen LogP contribution in [0.15, 0.2) is 35.2 Å². The zero-order valence-electron chi connectivity index (χ0n) is 18.4. The largest absolute Gasteiger partial charge is 0.490 e. The van der Waals surface area contributed by atoms with Crippen molar-refractivity contribution in [3.8, 4) is 0 Å². The van der Waals surface area contributed by atoms with Gasteiger partial charge in [-0.15, -0.1) is 0 Å². The summed E-state index contributed by atoms with van der Waals surface area (Å²) in [4.78, 5) is 11.4. The van der Waals surface area contributed by atoms with Gasteiger partial charge in [-0.1, -0.05) is 32.0 Å². The van der Waals surface area contributed by atoms with Gasteiger partial charge in [-0.05, 0) is 30.9 Å². The zero-order chi connectivity index (χ0) is 25.0. The smallest absolute Gasteiger partial charge is 0.475 e. The number of benzene rings is 1. The van der Waals surface area contributed by atoms with E-state index in [9.17, 15) is 30.0 Å². The van der Waals surface area contributed by atoms with Gasteiger partial charge in [0.1, 0.15) is 0 Å². The molecule has 0 aromatic heterocycles. The van der Waals surface area contributed by atoms with E-state index in [1.54, 1.807) is 30.3 Å². The van der Waals surface area contributed by atoms with Crippen LogP contribution in [0.5, 0.6) is 0 Å². The number of hydrogen-bond donors (Lipinski definition) is 1. The fourth-order valence-electron chi connectivity index (χ4n) is 4.11. The van der Waals surface area contributed by atoms with Gasteiger partial charge in [0, 0.05) is 32.2 Å². The van der Waals surface area contributed by atoms with E-state index in [-0.39, 0.29) is 23.2 Å². The molecule has 33 heavy (non-hydrogen) atoms. The molecule has 1 aromatic rings. The van der Waals surface area contributed by atoms with Crippen LogP contribution < -0.4 is 0 Å². The third kappa shape index (κ3) is 7.14. The summed E-state index contributed by atoms with van der Waals surface area (Å²) >= 11 is 0. The van der Waals surface area contributed by atoms with Gasteiger partial charge in [-0.2, -0.15) is 17.5 Å². The monoisotopic (exact) mass is 514 g/mol. The van der Waals surface area contributed by atoms with Crippen LogP contribution in [0.1, 0.15) is 26.7 Å². The number of nitrogens with zero attached hydrogens (tertiary/aromatic N) is 2. The summed E-state index contributed by atoms with van der Waals surface area (Å²) in [6.07, 6.45) is -4.16. The SMILES string of the molecule is CC(C)CN1CCS(=O)(=O)[C@@H]2CCN(S(=O)(=O)c3ccccc3)CC[C@@H]21.O=C(O)C(F)(F)F. The number of alkyl halides is 3. The Bertz CT molecular complexity index is 1010. The van der Waals surface area contributed by atoms with E-state index in [1.807, 2.05) is 0 Å². The first-order chi connectivity index (χ1) is 15.2. The van der Waals surface area contributed by atoms with Crippen LogP contribution in [0.3, 0.4) is 0 Å². The Labute approximate surface area is 192 Å². The number of fused-ring (bicyclic) bond motifs is 1. The third-order valence-corrected chi connectivity index (χ3v) is 9.72. The Morgan fingerprint density at radius 2 is 1.67 bits per heavy atom. The Morgan fingerprint density at radius 1 is 1.12 bits per heavy atom. The van der Waals surface area contributed by atoms with Gasteiger partial charge in [0.05, 0.1) is 15.9 Å². The first-order valence-corrected chi connectivity index (χ1v) is 13.6. The van der Waals surface area contributed by atoms with Gasteiger partial charge < -0.3 is 5.11 Å². The zero-order valence-corrected chi connectivity index (χ0v) is 20.0. The predicted octanol–water partition coefficient (Wildman–Crippen LogP) is 2.23. The van der Waals surface area contributed by atoms with Crippen LogP contribution in [-0.4, -0.2) is 86.5 Å². The average molecular weight is 515 g/mol. The number of carboxylic acids is 1. The minimum Gasteiger partial charge on any atom is -0.475 e. The van der Waals surface area contributed by atoms with Crippen LogP contribution in [0, 0.1) is 5.92 Å². The number of carboxylic acid groups (broad SMARTS) is 1. The highest BCUT2D eigenvalue weighted by molar-refractivity contribution is 7.92. The molecular formula is C20H29F3N2O6S2. The number of sulfone groups is 1. The summed E-state index contributed by atoms with van der Waals surface area (Å²) < 4.78 is 84.3. The van der Waals surface area contributed by atoms with Crippen LogP contribution in [0.25, 0.3) is 0 Å². The topological polar surface area (TPSA) is 112 Å². The molecule has 1 N–H and O–H groups in total. The molecule has 0 aliphatic carbocycles. The number of carbonyl (C=O) groups is 1. The molecule has 0 amide bonds. The van der Waals surface area contributed by atoms with Crippen molar-refractivity contribution in [2.45, 2.75) is 49.1 Å². The minimum atomic E-state index is -5.08. The van der Waals surface area contributed by atoms with Crippen molar-refractivity contribution >= 4 is 25.8 Å². The first kappa shape index (κ1) is 27.5. The van der Waals surface area contributed by atoms with Crippen molar-refractivity contribution < 1.29 is 39.9 Å². The molecule has 0 spiro atoms. The Morgan fingerprint density at radius 3 is 2.18 bits per heavy atom. The van der Waals surface area contributed by atoms with Crippen molar-refractivity contribution in [1.29, 1.82) is 0 Å². The number of halogens is 3. The lowest BCUT2D eigenvalue weighted by atomic mass is 10.0. The molecule has 1 aromatic carbocycles. The second-order valence-electron chi connectivity index (χ2n) is 8.46. The summed E-state index contributed by atoms with van der Waals surface area (Å²) in [5, 5.41) is 6.66. The van der Waals surface area contributed by atoms with E-state index in [0.717, 1.165) is 6.54 Å². The Kier molecular flexibility index (Phi) is 8.93. The molecule has 2 atom stereocenters. The molecule has 0 radical (unpaired) electrons. The van der Waals surface area contributed by atoms with Crippen molar-refractivity contribution in [3.05, 3.63) is 30.3 Å². The van der Waals surface area contributed by atoms with Gasteiger partial charge in [-0.3, -0.25) is 4.90 Å². The fourth-order valence-corrected chi connectivity index (χ4v) is 7.65. The molecule has 2 fully saturated rings. The molecule has 2 saturated heterocycles. The lowest BCUT2D eigenvalue weighted by Gasteiger charge is -2.40. The highest BCUT2D eigenvalue weighted by Crippen LogP contribution is 2.30. The van der Waals surface area contributed by atoms with E-state index in [1.165, 1.54) is 4.31 Å². The van der Waals surface area contributed by atoms with Gasteiger partial charge in [0.25, 0.3) is 0 Å². The summed E-state index contributed by atoms with van der Waals surface area (Å²) in [7, 11) is -6.76. The predicted molar refractivity (Wildman–Crippen MR) is 116 cm³/mol. The second-order valence-corrected chi connectivity index (χ2v) is 12.7. The molecule has 0 unspecified atom stereocenters. The van der Waals surface area contributed by atoms with Crippen LogP contribution >= 0.6 is 0 Å². The average Bonchev–Trinajstić information content (AvgIpc) is 2.95. The van der Waals surface area contributed by atoms with Crippen molar-refractivity contribution in [1.82, 2.24) is 9.21 Å². The van der Waals surface area contributed by atoms with E-state index in [2.05, 4.69) is 18.7 Å². The van der Waals surface area contributed by atoms with E-state index in [0.29, 0.717) is 31.8 Å². The molecule has 3 rings (SSSR count). The number of aliphatic carboxylic acids is 1. The maximum Gasteiger partial charge on any atom is 0.490 e. The van der Waals surface area contributed by atoms with E-state index < -0.39 is 37.3 Å². The molecule has 188 valence electrons. The molecule has 13 heteroatoms. The van der Waals surface area contributed by atoms with Crippen molar-refractivity contribution in [3.63, 3.8) is 0 Å². The highest BCUT2D eigenvalue weighted by atomic mass is 32.2. The standard InChI is InChI=1S/C18H28N2O4S2.C2HF3O2/c1-15(2)14-19-12-13-25(21,22)18-9-11-20(10-8-17(18)19)26(23,24)16-6-4-3-5-7-16;3-2(4,5)1(6)7/h3-7,15,17-18H,8-14H2,1-2H3;(H,6,7)/t17-,18+;/m0./s1. The van der Waals surface area contributed by atoms with E-state index in [4.69, 9.17) is 9.90 Å². The fraction of sp³-hybridized carbons (Fsp3) is 0.650. The van der Waals surface area contributed by atoms with Crippen molar-refractivity contribution in [2.75, 3.05) is 31.9 Å². The first-order valence-electron chi connectivity index (χ1n) is 10.5. The Hall–Kier alpha value is -1.70. The van der Waals surface area contributed by atoms with Gasteiger partial charge in [-0.25, -0.2) is 21.6 Å².